The Hall–Kier alpha value is -2.27. The zero-order valence-electron chi connectivity index (χ0n) is 11.7. The summed E-state index contributed by atoms with van der Waals surface area (Å²) in [7, 11) is 0. The smallest absolute Gasteiger partial charge is 0.116 e. The van der Waals surface area contributed by atoms with Gasteiger partial charge in [-0.3, -0.25) is 0 Å². The van der Waals surface area contributed by atoms with Crippen LogP contribution in [0.3, 0.4) is 0 Å². The first-order valence-electron chi connectivity index (χ1n) is 7.35. The van der Waals surface area contributed by atoms with Crippen LogP contribution in [0.15, 0.2) is 43.2 Å². The molecular weight excluding hydrogens is 262 g/mol. The molecule has 0 radical (unpaired) electrons. The maximum Gasteiger partial charge on any atom is 0.116 e. The van der Waals surface area contributed by atoms with Gasteiger partial charge >= 0.3 is 0 Å². The molecule has 1 N–H and O–H groups in total. The molecule has 5 nitrogen and oxygen atoms in total. The van der Waals surface area contributed by atoms with E-state index in [1.165, 1.54) is 11.1 Å². The van der Waals surface area contributed by atoms with Gasteiger partial charge in [0.15, 0.2) is 0 Å². The van der Waals surface area contributed by atoms with E-state index in [9.17, 15) is 0 Å². The van der Waals surface area contributed by atoms with Crippen LogP contribution in [-0.4, -0.2) is 32.6 Å². The number of hydrogen-bond donors (Lipinski definition) is 1. The van der Waals surface area contributed by atoms with Crippen LogP contribution < -0.4 is 5.32 Å². The molecule has 0 spiro atoms. The maximum atomic E-state index is 4.56. The molecule has 1 saturated heterocycles. The molecule has 3 heterocycles. The molecule has 1 fully saturated rings. The third-order valence-electron chi connectivity index (χ3n) is 4.18. The van der Waals surface area contributed by atoms with Gasteiger partial charge in [-0.15, -0.1) is 0 Å². The summed E-state index contributed by atoms with van der Waals surface area (Å²) in [5.74, 6) is 0.538. The fourth-order valence-electron chi connectivity index (χ4n) is 3.06. The molecule has 1 aromatic carbocycles. The van der Waals surface area contributed by atoms with E-state index in [2.05, 4.69) is 38.5 Å². The monoisotopic (exact) mass is 279 g/mol. The van der Waals surface area contributed by atoms with Gasteiger partial charge in [0.25, 0.3) is 0 Å². The molecule has 21 heavy (non-hydrogen) atoms. The van der Waals surface area contributed by atoms with E-state index < -0.39 is 0 Å². The molecular formula is C16H17N5. The number of fused-ring (bicyclic) bond motifs is 1. The summed E-state index contributed by atoms with van der Waals surface area (Å²) in [5.41, 5.74) is 3.28. The number of rotatable bonds is 2. The van der Waals surface area contributed by atoms with E-state index in [0.717, 1.165) is 37.1 Å². The lowest BCUT2D eigenvalue weighted by molar-refractivity contribution is 0.455. The van der Waals surface area contributed by atoms with E-state index in [4.69, 9.17) is 0 Å². The van der Waals surface area contributed by atoms with Crippen LogP contribution in [0.1, 0.15) is 24.5 Å². The zero-order chi connectivity index (χ0) is 14.1. The van der Waals surface area contributed by atoms with Crippen molar-refractivity contribution in [2.24, 2.45) is 0 Å². The van der Waals surface area contributed by atoms with Crippen molar-refractivity contribution in [3.05, 3.63) is 48.9 Å². The molecule has 0 unspecified atom stereocenters. The highest BCUT2D eigenvalue weighted by atomic mass is 15.0. The van der Waals surface area contributed by atoms with Gasteiger partial charge in [0.2, 0.25) is 0 Å². The Morgan fingerprint density at radius 2 is 2.05 bits per heavy atom. The molecule has 0 saturated carbocycles. The molecule has 2 aromatic heterocycles. The van der Waals surface area contributed by atoms with Crippen LogP contribution in [0, 0.1) is 0 Å². The van der Waals surface area contributed by atoms with Crippen LogP contribution in [-0.2, 0) is 0 Å². The highest BCUT2D eigenvalue weighted by Crippen LogP contribution is 2.29. The maximum absolute atomic E-state index is 4.56. The number of piperidine rings is 1. The number of benzene rings is 1. The van der Waals surface area contributed by atoms with E-state index >= 15 is 0 Å². The van der Waals surface area contributed by atoms with Gasteiger partial charge in [0, 0.05) is 29.4 Å². The van der Waals surface area contributed by atoms with Gasteiger partial charge in [-0.05, 0) is 44.1 Å². The Balaban J connectivity index is 1.79. The number of nitrogens with one attached hydrogen (secondary N) is 1. The zero-order valence-corrected chi connectivity index (χ0v) is 11.7. The normalized spacial score (nSPS) is 16.4. The average molecular weight is 279 g/mol. The van der Waals surface area contributed by atoms with Crippen molar-refractivity contribution in [2.45, 2.75) is 18.8 Å². The summed E-state index contributed by atoms with van der Waals surface area (Å²) in [5, 5.41) is 4.58. The standard InChI is InChI=1S/C16H17N5/c1-2-14-15(9-13(1)21-8-7-18-11-21)19-10-20-16(14)12-3-5-17-6-4-12/h1-2,7-12,17H,3-6H2. The topological polar surface area (TPSA) is 55.6 Å². The third kappa shape index (κ3) is 2.29. The van der Waals surface area contributed by atoms with Crippen molar-refractivity contribution in [1.29, 1.82) is 0 Å². The van der Waals surface area contributed by atoms with Crippen LogP contribution in [0.2, 0.25) is 0 Å². The quantitative estimate of drug-likeness (QED) is 0.782. The second-order valence-corrected chi connectivity index (χ2v) is 5.45. The van der Waals surface area contributed by atoms with Crippen molar-refractivity contribution in [1.82, 2.24) is 24.8 Å². The summed E-state index contributed by atoms with van der Waals surface area (Å²) in [6.45, 7) is 2.15. The fourth-order valence-corrected chi connectivity index (χ4v) is 3.06. The largest absolute Gasteiger partial charge is 0.317 e. The third-order valence-corrected chi connectivity index (χ3v) is 4.18. The molecule has 4 rings (SSSR count). The summed E-state index contributed by atoms with van der Waals surface area (Å²) >= 11 is 0. The highest BCUT2D eigenvalue weighted by molar-refractivity contribution is 5.83. The van der Waals surface area contributed by atoms with Crippen molar-refractivity contribution < 1.29 is 0 Å². The molecule has 1 aliphatic rings. The Morgan fingerprint density at radius 3 is 2.86 bits per heavy atom. The van der Waals surface area contributed by atoms with Crippen molar-refractivity contribution in [3.8, 4) is 5.69 Å². The SMILES string of the molecule is c1cn(-c2ccc3c(C4CCNCC4)ncnc3c2)cn1. The summed E-state index contributed by atoms with van der Waals surface area (Å²) in [6.07, 6.45) is 9.51. The second kappa shape index (κ2) is 5.26. The van der Waals surface area contributed by atoms with Crippen molar-refractivity contribution >= 4 is 10.9 Å². The molecule has 106 valence electrons. The first-order valence-corrected chi connectivity index (χ1v) is 7.35. The molecule has 0 atom stereocenters. The lowest BCUT2D eigenvalue weighted by atomic mass is 9.92. The van der Waals surface area contributed by atoms with Crippen LogP contribution in [0.25, 0.3) is 16.6 Å². The Kier molecular flexibility index (Phi) is 3.12. The second-order valence-electron chi connectivity index (χ2n) is 5.45. The van der Waals surface area contributed by atoms with Gasteiger partial charge < -0.3 is 9.88 Å². The van der Waals surface area contributed by atoms with Crippen LogP contribution >= 0.6 is 0 Å². The predicted molar refractivity (Wildman–Crippen MR) is 81.5 cm³/mol. The van der Waals surface area contributed by atoms with Gasteiger partial charge in [-0.2, -0.15) is 0 Å². The Labute approximate surface area is 123 Å². The van der Waals surface area contributed by atoms with Crippen molar-refractivity contribution in [3.63, 3.8) is 0 Å². The molecule has 0 bridgehead atoms. The lowest BCUT2D eigenvalue weighted by Crippen LogP contribution is -2.27. The summed E-state index contributed by atoms with van der Waals surface area (Å²) in [6, 6.07) is 6.35. The average Bonchev–Trinajstić information content (AvgIpc) is 3.09. The van der Waals surface area contributed by atoms with Gasteiger partial charge in [0.1, 0.15) is 6.33 Å². The summed E-state index contributed by atoms with van der Waals surface area (Å²) < 4.78 is 1.99. The fraction of sp³-hybridized carbons (Fsp3) is 0.312. The molecule has 3 aromatic rings. The van der Waals surface area contributed by atoms with E-state index in [1.54, 1.807) is 18.9 Å². The Bertz CT molecular complexity index is 744. The molecule has 0 amide bonds. The minimum atomic E-state index is 0.538. The molecule has 5 heteroatoms. The van der Waals surface area contributed by atoms with Gasteiger partial charge in [-0.25, -0.2) is 15.0 Å². The van der Waals surface area contributed by atoms with Crippen LogP contribution in [0.5, 0.6) is 0 Å². The predicted octanol–water partition coefficient (Wildman–Crippen LogP) is 2.28. The highest BCUT2D eigenvalue weighted by Gasteiger charge is 2.19. The Morgan fingerprint density at radius 1 is 1.14 bits per heavy atom. The van der Waals surface area contributed by atoms with E-state index in [-0.39, 0.29) is 0 Å². The molecule has 0 aliphatic carbocycles. The first-order chi connectivity index (χ1) is 10.4. The first kappa shape index (κ1) is 12.5. The number of nitrogens with zero attached hydrogens (tertiary/aromatic N) is 4. The minimum absolute atomic E-state index is 0.538. The minimum Gasteiger partial charge on any atom is -0.317 e. The summed E-state index contributed by atoms with van der Waals surface area (Å²) in [4.78, 5) is 13.1. The number of imidazole rings is 1. The van der Waals surface area contributed by atoms with Gasteiger partial charge in [0.05, 0.1) is 17.5 Å². The number of hydrogen-bond acceptors (Lipinski definition) is 4. The van der Waals surface area contributed by atoms with E-state index in [0.29, 0.717) is 5.92 Å². The van der Waals surface area contributed by atoms with Crippen molar-refractivity contribution in [2.75, 3.05) is 13.1 Å². The number of aromatic nitrogens is 4. The van der Waals surface area contributed by atoms with E-state index in [1.807, 2.05) is 10.8 Å². The van der Waals surface area contributed by atoms with Crippen LogP contribution in [0.4, 0.5) is 0 Å². The van der Waals surface area contributed by atoms with Gasteiger partial charge in [-0.1, -0.05) is 0 Å². The lowest BCUT2D eigenvalue weighted by Gasteiger charge is -2.23. The molecule has 1 aliphatic heterocycles.